The minimum atomic E-state index is 0.782. The van der Waals surface area contributed by atoms with Gasteiger partial charge >= 0.3 is 0 Å². The molecule has 1 rings (SSSR count). The van der Waals surface area contributed by atoms with Crippen molar-refractivity contribution in [1.82, 2.24) is 4.90 Å². The molecule has 0 N–H and O–H groups in total. The third-order valence-electron chi connectivity index (χ3n) is 3.76. The van der Waals surface area contributed by atoms with Gasteiger partial charge < -0.3 is 0 Å². The number of nitrogens with zero attached hydrogens (tertiary/aromatic N) is 1. The lowest BCUT2D eigenvalue weighted by Gasteiger charge is -2.25. The van der Waals surface area contributed by atoms with Crippen LogP contribution in [0.5, 0.6) is 0 Å². The Bertz CT molecular complexity index is 119. The van der Waals surface area contributed by atoms with Crippen molar-refractivity contribution >= 4 is 0 Å². The van der Waals surface area contributed by atoms with Crippen molar-refractivity contribution in [1.29, 1.82) is 0 Å². The summed E-state index contributed by atoms with van der Waals surface area (Å²) in [5.41, 5.74) is 0. The molecule has 1 fully saturated rings. The third-order valence-corrected chi connectivity index (χ3v) is 3.76. The molecular weight excluding hydrogens is 134 g/mol. The van der Waals surface area contributed by atoms with Crippen LogP contribution >= 0.6 is 0 Å². The summed E-state index contributed by atoms with van der Waals surface area (Å²) in [5.74, 6) is 1.73. The molecule has 0 aromatic carbocycles. The fourth-order valence-electron chi connectivity index (χ4n) is 2.43. The van der Waals surface area contributed by atoms with Crippen molar-refractivity contribution < 1.29 is 0 Å². The summed E-state index contributed by atoms with van der Waals surface area (Å²) in [4.78, 5) is 2.61. The Hall–Kier alpha value is -0.0400. The predicted octanol–water partition coefficient (Wildman–Crippen LogP) is 2.37. The van der Waals surface area contributed by atoms with E-state index in [2.05, 4.69) is 39.5 Å². The minimum Gasteiger partial charge on any atom is -0.298 e. The van der Waals surface area contributed by atoms with Gasteiger partial charge in [-0.1, -0.05) is 20.8 Å². The van der Waals surface area contributed by atoms with Crippen LogP contribution in [0.4, 0.5) is 0 Å². The molecule has 0 aromatic rings. The molecule has 0 radical (unpaired) electrons. The Labute approximate surface area is 70.8 Å². The average molecular weight is 155 g/mol. The van der Waals surface area contributed by atoms with Crippen LogP contribution in [-0.2, 0) is 0 Å². The molecule has 0 aliphatic carbocycles. The molecule has 1 saturated heterocycles. The van der Waals surface area contributed by atoms with Gasteiger partial charge in [-0.3, -0.25) is 4.90 Å². The van der Waals surface area contributed by atoms with Crippen LogP contribution in [0.15, 0.2) is 0 Å². The van der Waals surface area contributed by atoms with Crippen LogP contribution in [0.1, 0.15) is 34.6 Å². The molecule has 0 aromatic heterocycles. The highest BCUT2D eigenvalue weighted by Crippen LogP contribution is 2.33. The first-order valence-electron chi connectivity index (χ1n) is 4.85. The van der Waals surface area contributed by atoms with Crippen molar-refractivity contribution in [3.05, 3.63) is 0 Å². The topological polar surface area (TPSA) is 3.24 Å². The van der Waals surface area contributed by atoms with E-state index in [1.807, 2.05) is 0 Å². The van der Waals surface area contributed by atoms with Gasteiger partial charge in [0.15, 0.2) is 0 Å². The zero-order chi connectivity index (χ0) is 8.59. The quantitative estimate of drug-likeness (QED) is 0.562. The fraction of sp³-hybridized carbons (Fsp3) is 1.00. The predicted molar refractivity (Wildman–Crippen MR) is 49.6 cm³/mol. The Balaban J connectivity index is 2.69. The van der Waals surface area contributed by atoms with Crippen LogP contribution in [0.2, 0.25) is 0 Å². The summed E-state index contributed by atoms with van der Waals surface area (Å²) >= 11 is 0. The first kappa shape index (κ1) is 9.05. The van der Waals surface area contributed by atoms with Gasteiger partial charge in [0.25, 0.3) is 0 Å². The van der Waals surface area contributed by atoms with Crippen molar-refractivity contribution in [3.8, 4) is 0 Å². The van der Waals surface area contributed by atoms with Crippen LogP contribution in [0, 0.1) is 11.8 Å². The summed E-state index contributed by atoms with van der Waals surface area (Å²) in [6, 6.07) is 1.56. The van der Waals surface area contributed by atoms with Gasteiger partial charge in [0.1, 0.15) is 0 Å². The van der Waals surface area contributed by atoms with Crippen molar-refractivity contribution in [3.63, 3.8) is 0 Å². The van der Waals surface area contributed by atoms with E-state index in [4.69, 9.17) is 0 Å². The van der Waals surface area contributed by atoms with Gasteiger partial charge in [-0.2, -0.15) is 0 Å². The Morgan fingerprint density at radius 2 is 1.27 bits per heavy atom. The van der Waals surface area contributed by atoms with Gasteiger partial charge in [0, 0.05) is 12.1 Å². The second-order valence-corrected chi connectivity index (χ2v) is 4.03. The molecular formula is C10H21N. The summed E-state index contributed by atoms with van der Waals surface area (Å²) < 4.78 is 0. The number of hydrogen-bond donors (Lipinski definition) is 0. The molecule has 0 amide bonds. The van der Waals surface area contributed by atoms with Crippen molar-refractivity contribution in [2.24, 2.45) is 11.8 Å². The van der Waals surface area contributed by atoms with Gasteiger partial charge in [-0.25, -0.2) is 0 Å². The molecule has 1 aliphatic heterocycles. The van der Waals surface area contributed by atoms with Crippen LogP contribution in [0.3, 0.4) is 0 Å². The fourth-order valence-corrected chi connectivity index (χ4v) is 2.43. The van der Waals surface area contributed by atoms with Crippen LogP contribution < -0.4 is 0 Å². The maximum Gasteiger partial charge on any atom is 0.00984 e. The summed E-state index contributed by atoms with van der Waals surface area (Å²) in [5, 5.41) is 0. The molecule has 0 spiro atoms. The molecule has 0 saturated carbocycles. The van der Waals surface area contributed by atoms with Gasteiger partial charge in [-0.15, -0.1) is 0 Å². The van der Waals surface area contributed by atoms with E-state index >= 15 is 0 Å². The zero-order valence-electron chi connectivity index (χ0n) is 8.46. The van der Waals surface area contributed by atoms with Crippen LogP contribution in [-0.4, -0.2) is 23.5 Å². The van der Waals surface area contributed by atoms with Crippen molar-refractivity contribution in [2.45, 2.75) is 46.7 Å². The third kappa shape index (κ3) is 1.31. The van der Waals surface area contributed by atoms with Gasteiger partial charge in [-0.05, 0) is 32.2 Å². The number of hydrogen-bond acceptors (Lipinski definition) is 1. The van der Waals surface area contributed by atoms with E-state index in [1.165, 1.54) is 6.54 Å². The number of likely N-dealkylation sites (tertiary alicyclic amines) is 1. The minimum absolute atomic E-state index is 0.782. The lowest BCUT2D eigenvalue weighted by Crippen LogP contribution is -2.34. The first-order chi connectivity index (χ1) is 5.09. The second kappa shape index (κ2) is 3.14. The van der Waals surface area contributed by atoms with E-state index in [0.717, 1.165) is 23.9 Å². The summed E-state index contributed by atoms with van der Waals surface area (Å²) in [6.07, 6.45) is 0. The standard InChI is InChI=1S/C10H21N/c1-6-11-9(4)7(2)8(3)10(11)5/h7-10H,6H2,1-5H3/t7-,8+,9-,10+. The largest absolute Gasteiger partial charge is 0.298 e. The lowest BCUT2D eigenvalue weighted by atomic mass is 9.92. The molecule has 1 nitrogen and oxygen atoms in total. The van der Waals surface area contributed by atoms with Crippen LogP contribution in [0.25, 0.3) is 0 Å². The van der Waals surface area contributed by atoms with Gasteiger partial charge in [0.05, 0.1) is 0 Å². The first-order valence-corrected chi connectivity index (χ1v) is 4.85. The van der Waals surface area contributed by atoms with E-state index in [1.54, 1.807) is 0 Å². The molecule has 0 bridgehead atoms. The van der Waals surface area contributed by atoms with Gasteiger partial charge in [0.2, 0.25) is 0 Å². The zero-order valence-corrected chi connectivity index (χ0v) is 8.46. The Morgan fingerprint density at radius 3 is 1.45 bits per heavy atom. The van der Waals surface area contributed by atoms with E-state index in [0.29, 0.717) is 0 Å². The molecule has 1 aliphatic rings. The number of rotatable bonds is 1. The van der Waals surface area contributed by atoms with E-state index < -0.39 is 0 Å². The molecule has 1 heteroatoms. The lowest BCUT2D eigenvalue weighted by molar-refractivity contribution is 0.209. The molecule has 66 valence electrons. The smallest absolute Gasteiger partial charge is 0.00984 e. The molecule has 1 heterocycles. The van der Waals surface area contributed by atoms with E-state index in [9.17, 15) is 0 Å². The maximum absolute atomic E-state index is 2.61. The highest BCUT2D eigenvalue weighted by molar-refractivity contribution is 4.91. The average Bonchev–Trinajstić information content (AvgIpc) is 2.17. The molecule has 4 atom stereocenters. The van der Waals surface area contributed by atoms with E-state index in [-0.39, 0.29) is 0 Å². The Kier molecular flexibility index (Phi) is 2.58. The maximum atomic E-state index is 2.61. The molecule has 11 heavy (non-hydrogen) atoms. The normalized spacial score (nSPS) is 46.6. The highest BCUT2D eigenvalue weighted by atomic mass is 15.2. The summed E-state index contributed by atoms with van der Waals surface area (Å²) in [7, 11) is 0. The highest BCUT2D eigenvalue weighted by Gasteiger charge is 2.37. The summed E-state index contributed by atoms with van der Waals surface area (Å²) in [6.45, 7) is 12.9. The monoisotopic (exact) mass is 155 g/mol. The second-order valence-electron chi connectivity index (χ2n) is 4.03. The Morgan fingerprint density at radius 1 is 0.909 bits per heavy atom. The SMILES string of the molecule is CCN1[C@H](C)[C@H](C)[C@H](C)[C@@H]1C. The van der Waals surface area contributed by atoms with Crippen molar-refractivity contribution in [2.75, 3.05) is 6.54 Å². The molecule has 0 unspecified atom stereocenters.